The van der Waals surface area contributed by atoms with Crippen molar-refractivity contribution < 1.29 is 13.6 Å². The summed E-state index contributed by atoms with van der Waals surface area (Å²) >= 11 is 0. The van der Waals surface area contributed by atoms with Gasteiger partial charge in [-0.25, -0.2) is 13.8 Å². The van der Waals surface area contributed by atoms with Crippen LogP contribution in [0.2, 0.25) is 0 Å². The zero-order chi connectivity index (χ0) is 18.8. The highest BCUT2D eigenvalue weighted by molar-refractivity contribution is 5.99. The molecule has 0 radical (unpaired) electrons. The predicted molar refractivity (Wildman–Crippen MR) is 92.6 cm³/mol. The highest BCUT2D eigenvalue weighted by Crippen LogP contribution is 2.29. The maximum Gasteiger partial charge on any atom is 0.257 e. The first-order valence-electron chi connectivity index (χ1n) is 8.73. The average Bonchev–Trinajstić information content (AvgIpc) is 3.34. The molecule has 27 heavy (non-hydrogen) atoms. The summed E-state index contributed by atoms with van der Waals surface area (Å²) in [6, 6.07) is 3.60. The third-order valence-electron chi connectivity index (χ3n) is 4.90. The van der Waals surface area contributed by atoms with E-state index in [4.69, 9.17) is 0 Å². The molecule has 3 aromatic rings. The summed E-state index contributed by atoms with van der Waals surface area (Å²) in [7, 11) is 0. The van der Waals surface area contributed by atoms with E-state index in [2.05, 4.69) is 20.3 Å². The summed E-state index contributed by atoms with van der Waals surface area (Å²) in [6.45, 7) is 1.91. The van der Waals surface area contributed by atoms with Gasteiger partial charge in [0, 0.05) is 19.6 Å². The van der Waals surface area contributed by atoms with Gasteiger partial charge in [0.15, 0.2) is 0 Å². The predicted octanol–water partition coefficient (Wildman–Crippen LogP) is 2.50. The lowest BCUT2D eigenvalue weighted by atomic mass is 9.96. The van der Waals surface area contributed by atoms with E-state index in [0.29, 0.717) is 19.0 Å². The Kier molecular flexibility index (Phi) is 4.66. The second kappa shape index (κ2) is 7.26. The van der Waals surface area contributed by atoms with Gasteiger partial charge in [-0.3, -0.25) is 14.6 Å². The summed E-state index contributed by atoms with van der Waals surface area (Å²) in [5.41, 5.74) is -0.0199. The van der Waals surface area contributed by atoms with Crippen molar-refractivity contribution in [3.05, 3.63) is 54.2 Å². The van der Waals surface area contributed by atoms with Crippen LogP contribution < -0.4 is 0 Å². The number of amides is 1. The summed E-state index contributed by atoms with van der Waals surface area (Å²) in [5.74, 6) is -1.34. The Morgan fingerprint density at radius 1 is 1.22 bits per heavy atom. The van der Waals surface area contributed by atoms with E-state index in [1.54, 1.807) is 15.9 Å². The van der Waals surface area contributed by atoms with Crippen LogP contribution in [0.15, 0.2) is 37.1 Å². The summed E-state index contributed by atoms with van der Waals surface area (Å²) < 4.78 is 30.0. The molecule has 1 saturated heterocycles. The fourth-order valence-electron chi connectivity index (χ4n) is 3.46. The number of aromatic nitrogens is 5. The van der Waals surface area contributed by atoms with Crippen LogP contribution in [0.4, 0.5) is 8.78 Å². The van der Waals surface area contributed by atoms with Gasteiger partial charge in [0.05, 0.1) is 23.0 Å². The number of nitrogens with one attached hydrogen (secondary N) is 1. The molecule has 140 valence electrons. The lowest BCUT2D eigenvalue weighted by Gasteiger charge is -2.31. The molecule has 1 aromatic carbocycles. The third-order valence-corrected chi connectivity index (χ3v) is 4.90. The SMILES string of the molecule is O=C(c1cn[nH]c1-c1c(F)cccc1F)N1CCC(Cn2cncn2)CC1. The highest BCUT2D eigenvalue weighted by Gasteiger charge is 2.28. The Morgan fingerprint density at radius 2 is 1.96 bits per heavy atom. The van der Waals surface area contributed by atoms with Crippen LogP contribution >= 0.6 is 0 Å². The zero-order valence-corrected chi connectivity index (χ0v) is 14.5. The van der Waals surface area contributed by atoms with Crippen molar-refractivity contribution in [2.45, 2.75) is 19.4 Å². The summed E-state index contributed by atoms with van der Waals surface area (Å²) in [4.78, 5) is 18.5. The number of rotatable bonds is 4. The Balaban J connectivity index is 1.48. The lowest BCUT2D eigenvalue weighted by Crippen LogP contribution is -2.39. The van der Waals surface area contributed by atoms with Crippen molar-refractivity contribution in [3.63, 3.8) is 0 Å². The highest BCUT2D eigenvalue weighted by atomic mass is 19.1. The molecule has 7 nitrogen and oxygen atoms in total. The molecule has 0 bridgehead atoms. The molecular weight excluding hydrogens is 354 g/mol. The molecule has 0 saturated carbocycles. The van der Waals surface area contributed by atoms with Crippen molar-refractivity contribution in [1.29, 1.82) is 0 Å². The second-order valence-corrected chi connectivity index (χ2v) is 6.61. The van der Waals surface area contributed by atoms with Crippen LogP contribution in [-0.4, -0.2) is 48.9 Å². The van der Waals surface area contributed by atoms with Crippen LogP contribution in [0.3, 0.4) is 0 Å². The normalized spacial score (nSPS) is 15.3. The molecule has 0 unspecified atom stereocenters. The lowest BCUT2D eigenvalue weighted by molar-refractivity contribution is 0.0682. The molecule has 1 aliphatic heterocycles. The minimum Gasteiger partial charge on any atom is -0.339 e. The van der Waals surface area contributed by atoms with Gasteiger partial charge in [-0.2, -0.15) is 10.2 Å². The molecule has 4 rings (SSSR count). The van der Waals surface area contributed by atoms with Gasteiger partial charge >= 0.3 is 0 Å². The van der Waals surface area contributed by atoms with Gasteiger partial charge in [0.25, 0.3) is 5.91 Å². The molecule has 1 amide bonds. The number of hydrogen-bond acceptors (Lipinski definition) is 4. The number of hydrogen-bond donors (Lipinski definition) is 1. The number of carbonyl (C=O) groups is 1. The van der Waals surface area contributed by atoms with Crippen LogP contribution in [0.25, 0.3) is 11.3 Å². The van der Waals surface area contributed by atoms with Crippen LogP contribution in [0, 0.1) is 17.6 Å². The standard InChI is InChI=1S/C18H18F2N6O/c19-14-2-1-3-15(20)16(14)17-13(8-22-24-17)18(27)25-6-4-12(5-7-25)9-26-11-21-10-23-26/h1-3,8,10-12H,4-7,9H2,(H,22,24). The quantitative estimate of drug-likeness (QED) is 0.763. The van der Waals surface area contributed by atoms with Crippen molar-refractivity contribution in [1.82, 2.24) is 29.9 Å². The van der Waals surface area contributed by atoms with Gasteiger partial charge in [-0.15, -0.1) is 0 Å². The molecule has 1 N–H and O–H groups in total. The van der Waals surface area contributed by atoms with E-state index in [1.807, 2.05) is 0 Å². The topological polar surface area (TPSA) is 79.7 Å². The fraction of sp³-hybridized carbons (Fsp3) is 0.333. The Labute approximate surface area is 154 Å². The largest absolute Gasteiger partial charge is 0.339 e. The smallest absolute Gasteiger partial charge is 0.257 e. The second-order valence-electron chi connectivity index (χ2n) is 6.61. The first-order chi connectivity index (χ1) is 13.1. The Bertz CT molecular complexity index is 911. The number of aromatic amines is 1. The van der Waals surface area contributed by atoms with Crippen molar-refractivity contribution in [2.24, 2.45) is 5.92 Å². The molecule has 3 heterocycles. The number of piperidine rings is 1. The average molecular weight is 372 g/mol. The van der Waals surface area contributed by atoms with E-state index in [-0.39, 0.29) is 22.7 Å². The zero-order valence-electron chi connectivity index (χ0n) is 14.5. The molecule has 1 aliphatic rings. The van der Waals surface area contributed by atoms with Crippen LogP contribution in [0.1, 0.15) is 23.2 Å². The van der Waals surface area contributed by atoms with E-state index < -0.39 is 11.6 Å². The minimum absolute atomic E-state index is 0.0698. The van der Waals surface area contributed by atoms with Crippen LogP contribution in [-0.2, 0) is 6.54 Å². The van der Waals surface area contributed by atoms with Crippen LogP contribution in [0.5, 0.6) is 0 Å². The van der Waals surface area contributed by atoms with E-state index in [9.17, 15) is 13.6 Å². The number of benzene rings is 1. The van der Waals surface area contributed by atoms with Gasteiger partial charge < -0.3 is 4.90 Å². The van der Waals surface area contributed by atoms with E-state index in [0.717, 1.165) is 31.5 Å². The van der Waals surface area contributed by atoms with Gasteiger partial charge in [-0.1, -0.05) is 6.07 Å². The number of likely N-dealkylation sites (tertiary alicyclic amines) is 1. The maximum absolute atomic E-state index is 14.1. The van der Waals surface area contributed by atoms with Gasteiger partial charge in [0.2, 0.25) is 0 Å². The van der Waals surface area contributed by atoms with Gasteiger partial charge in [-0.05, 0) is 30.9 Å². The Morgan fingerprint density at radius 3 is 2.63 bits per heavy atom. The van der Waals surface area contributed by atoms with Crippen molar-refractivity contribution >= 4 is 5.91 Å². The monoisotopic (exact) mass is 372 g/mol. The number of nitrogens with zero attached hydrogens (tertiary/aromatic N) is 5. The molecule has 0 aliphatic carbocycles. The molecular formula is C18H18F2N6O. The summed E-state index contributed by atoms with van der Waals surface area (Å²) in [6.07, 6.45) is 6.16. The Hall–Kier alpha value is -3.10. The number of halogens is 2. The van der Waals surface area contributed by atoms with Gasteiger partial charge in [0.1, 0.15) is 24.3 Å². The number of H-pyrrole nitrogens is 1. The summed E-state index contributed by atoms with van der Waals surface area (Å²) in [5, 5.41) is 10.5. The molecule has 0 spiro atoms. The molecule has 2 aromatic heterocycles. The fourth-order valence-corrected chi connectivity index (χ4v) is 3.46. The molecule has 9 heteroatoms. The van der Waals surface area contributed by atoms with E-state index >= 15 is 0 Å². The maximum atomic E-state index is 14.1. The first-order valence-corrected chi connectivity index (χ1v) is 8.73. The van der Waals surface area contributed by atoms with E-state index in [1.165, 1.54) is 18.6 Å². The first kappa shape index (κ1) is 17.3. The number of carbonyl (C=O) groups excluding carboxylic acids is 1. The van der Waals surface area contributed by atoms with Crippen molar-refractivity contribution in [2.75, 3.05) is 13.1 Å². The van der Waals surface area contributed by atoms with Crippen molar-refractivity contribution in [3.8, 4) is 11.3 Å². The minimum atomic E-state index is -0.736. The molecule has 0 atom stereocenters. The molecule has 1 fully saturated rings. The third kappa shape index (κ3) is 3.44.